The molecule has 1 N–H and O–H groups in total. The molecule has 0 aromatic heterocycles. The third kappa shape index (κ3) is 4.52. The van der Waals surface area contributed by atoms with Crippen molar-refractivity contribution < 1.29 is 5.11 Å². The summed E-state index contributed by atoms with van der Waals surface area (Å²) < 4.78 is 0. The van der Waals surface area contributed by atoms with Crippen LogP contribution in [0.15, 0.2) is 109 Å². The van der Waals surface area contributed by atoms with Gasteiger partial charge >= 0.3 is 0 Å². The zero-order valence-corrected chi connectivity index (χ0v) is 18.3. The number of aliphatic hydroxyl groups is 1. The van der Waals surface area contributed by atoms with Gasteiger partial charge in [0.1, 0.15) is 0 Å². The van der Waals surface area contributed by atoms with Crippen LogP contribution in [0.5, 0.6) is 0 Å². The quantitative estimate of drug-likeness (QED) is 0.365. The van der Waals surface area contributed by atoms with Crippen LogP contribution in [0.1, 0.15) is 34.6 Å². The largest absolute Gasteiger partial charge is 0.392 e. The lowest BCUT2D eigenvalue weighted by molar-refractivity contribution is 0.0946. The van der Waals surface area contributed by atoms with E-state index in [4.69, 9.17) is 0 Å². The molecule has 0 heterocycles. The summed E-state index contributed by atoms with van der Waals surface area (Å²) >= 11 is 0. The van der Waals surface area contributed by atoms with Gasteiger partial charge in [0.2, 0.25) is 0 Å². The number of nitrogens with zero attached hydrogens (tertiary/aromatic N) is 1. The molecular weight excluding hydrogens is 390 g/mol. The molecule has 0 fully saturated rings. The van der Waals surface area contributed by atoms with Gasteiger partial charge < -0.3 is 5.11 Å². The van der Waals surface area contributed by atoms with E-state index in [0.717, 1.165) is 19.5 Å². The molecule has 1 atom stereocenters. The summed E-state index contributed by atoms with van der Waals surface area (Å²) in [5.74, 6) is 0.243. The van der Waals surface area contributed by atoms with E-state index in [2.05, 4.69) is 114 Å². The van der Waals surface area contributed by atoms with Crippen molar-refractivity contribution in [3.8, 4) is 11.1 Å². The molecule has 0 radical (unpaired) electrons. The van der Waals surface area contributed by atoms with Gasteiger partial charge in [-0.2, -0.15) is 0 Å². The Balaban J connectivity index is 1.35. The number of fused-ring (bicyclic) bond motifs is 3. The number of hydrogen-bond acceptors (Lipinski definition) is 2. The molecule has 0 bridgehead atoms. The summed E-state index contributed by atoms with van der Waals surface area (Å²) in [6, 6.07) is 38.4. The molecule has 2 nitrogen and oxygen atoms in total. The molecule has 0 unspecified atom stereocenters. The van der Waals surface area contributed by atoms with Crippen LogP contribution in [0.2, 0.25) is 0 Å². The molecule has 32 heavy (non-hydrogen) atoms. The van der Waals surface area contributed by atoms with Crippen molar-refractivity contribution in [3.05, 3.63) is 131 Å². The van der Waals surface area contributed by atoms with Crippen LogP contribution in [0.4, 0.5) is 0 Å². The van der Waals surface area contributed by atoms with Gasteiger partial charge in [-0.3, -0.25) is 4.90 Å². The highest BCUT2D eigenvalue weighted by molar-refractivity contribution is 5.78. The first-order valence-electron chi connectivity index (χ1n) is 11.4. The molecule has 0 spiro atoms. The van der Waals surface area contributed by atoms with Crippen LogP contribution in [-0.4, -0.2) is 22.7 Å². The lowest BCUT2D eigenvalue weighted by Gasteiger charge is -2.27. The maximum Gasteiger partial charge on any atom is 0.0676 e. The fourth-order valence-electron chi connectivity index (χ4n) is 5.03. The molecule has 0 aliphatic heterocycles. The standard InChI is InChI=1S/C30H29NO/c32-25(19-30-28-17-9-7-15-26(28)27-16-8-10-18-29(27)30)22-31(20-23-11-3-1-4-12-23)21-24-13-5-2-6-14-24/h1-18,25,30,32H,19-22H2/t25-/m1/s1. The van der Waals surface area contributed by atoms with Gasteiger partial charge in [0.15, 0.2) is 0 Å². The van der Waals surface area contributed by atoms with Crippen LogP contribution in [0.25, 0.3) is 11.1 Å². The fourth-order valence-corrected chi connectivity index (χ4v) is 5.03. The first kappa shape index (κ1) is 20.7. The Bertz CT molecular complexity index is 1070. The Morgan fingerprint density at radius 1 is 0.594 bits per heavy atom. The minimum Gasteiger partial charge on any atom is -0.392 e. The number of hydrogen-bond donors (Lipinski definition) is 1. The highest BCUT2D eigenvalue weighted by atomic mass is 16.3. The third-order valence-electron chi connectivity index (χ3n) is 6.44. The van der Waals surface area contributed by atoms with Crippen molar-refractivity contribution in [2.45, 2.75) is 31.5 Å². The molecule has 0 saturated carbocycles. The SMILES string of the molecule is O[C@H](CC1c2ccccc2-c2ccccc21)CN(Cc1ccccc1)Cc1ccccc1. The van der Waals surface area contributed by atoms with Crippen LogP contribution in [0.3, 0.4) is 0 Å². The maximum atomic E-state index is 11.2. The number of aliphatic hydroxyl groups excluding tert-OH is 1. The second kappa shape index (κ2) is 9.52. The van der Waals surface area contributed by atoms with Crippen LogP contribution in [0, 0.1) is 0 Å². The van der Waals surface area contributed by atoms with Gasteiger partial charge in [0.25, 0.3) is 0 Å². The second-order valence-corrected chi connectivity index (χ2v) is 8.76. The summed E-state index contributed by atoms with van der Waals surface area (Å²) in [6.07, 6.45) is 0.320. The predicted molar refractivity (Wildman–Crippen MR) is 131 cm³/mol. The summed E-state index contributed by atoms with van der Waals surface area (Å²) in [6.45, 7) is 2.29. The Labute approximate surface area is 190 Å². The van der Waals surface area contributed by atoms with E-state index in [1.54, 1.807) is 0 Å². The smallest absolute Gasteiger partial charge is 0.0676 e. The van der Waals surface area contributed by atoms with Crippen LogP contribution < -0.4 is 0 Å². The zero-order valence-electron chi connectivity index (χ0n) is 18.3. The zero-order chi connectivity index (χ0) is 21.8. The average molecular weight is 420 g/mol. The van der Waals surface area contributed by atoms with E-state index < -0.39 is 6.10 Å². The topological polar surface area (TPSA) is 23.5 Å². The number of benzene rings is 4. The van der Waals surface area contributed by atoms with Crippen LogP contribution in [-0.2, 0) is 13.1 Å². The van der Waals surface area contributed by atoms with Crippen molar-refractivity contribution in [3.63, 3.8) is 0 Å². The van der Waals surface area contributed by atoms with Gasteiger partial charge in [-0.05, 0) is 39.8 Å². The molecule has 4 aromatic rings. The van der Waals surface area contributed by atoms with Crippen LogP contribution >= 0.6 is 0 Å². The predicted octanol–water partition coefficient (Wildman–Crippen LogP) is 6.25. The summed E-state index contributed by atoms with van der Waals surface area (Å²) in [5.41, 5.74) is 7.84. The molecule has 0 amide bonds. The van der Waals surface area contributed by atoms with Gasteiger partial charge in [0.05, 0.1) is 6.10 Å². The maximum absolute atomic E-state index is 11.2. The minimum atomic E-state index is -0.411. The molecule has 2 heteroatoms. The van der Waals surface area contributed by atoms with Gasteiger partial charge in [-0.1, -0.05) is 109 Å². The molecular formula is C30H29NO. The highest BCUT2D eigenvalue weighted by Crippen LogP contribution is 2.46. The van der Waals surface area contributed by atoms with Crippen molar-refractivity contribution in [2.75, 3.05) is 6.54 Å². The van der Waals surface area contributed by atoms with E-state index in [1.165, 1.54) is 33.4 Å². The second-order valence-electron chi connectivity index (χ2n) is 8.76. The summed E-state index contributed by atoms with van der Waals surface area (Å²) in [7, 11) is 0. The normalized spacial score (nSPS) is 13.7. The van der Waals surface area contributed by atoms with Crippen molar-refractivity contribution in [2.24, 2.45) is 0 Å². The Morgan fingerprint density at radius 3 is 1.53 bits per heavy atom. The van der Waals surface area contributed by atoms with Crippen molar-refractivity contribution in [1.29, 1.82) is 0 Å². The van der Waals surface area contributed by atoms with Gasteiger partial charge in [-0.25, -0.2) is 0 Å². The molecule has 1 aliphatic carbocycles. The van der Waals surface area contributed by atoms with E-state index >= 15 is 0 Å². The van der Waals surface area contributed by atoms with E-state index in [1.807, 2.05) is 0 Å². The molecule has 5 rings (SSSR count). The first-order chi connectivity index (χ1) is 15.8. The first-order valence-corrected chi connectivity index (χ1v) is 11.4. The van der Waals surface area contributed by atoms with Gasteiger partial charge in [0, 0.05) is 25.6 Å². The van der Waals surface area contributed by atoms with Gasteiger partial charge in [-0.15, -0.1) is 0 Å². The monoisotopic (exact) mass is 419 g/mol. The lowest BCUT2D eigenvalue weighted by Crippen LogP contribution is -2.32. The minimum absolute atomic E-state index is 0.243. The molecule has 4 aromatic carbocycles. The fraction of sp³-hybridized carbons (Fsp3) is 0.200. The molecule has 160 valence electrons. The summed E-state index contributed by atoms with van der Waals surface area (Å²) in [4.78, 5) is 2.36. The lowest BCUT2D eigenvalue weighted by atomic mass is 9.91. The van der Waals surface area contributed by atoms with Crippen molar-refractivity contribution in [1.82, 2.24) is 4.90 Å². The van der Waals surface area contributed by atoms with E-state index in [9.17, 15) is 5.11 Å². The third-order valence-corrected chi connectivity index (χ3v) is 6.44. The Morgan fingerprint density at radius 2 is 1.03 bits per heavy atom. The van der Waals surface area contributed by atoms with E-state index in [0.29, 0.717) is 6.54 Å². The Hall–Kier alpha value is -3.20. The molecule has 0 saturated heterocycles. The average Bonchev–Trinajstić information content (AvgIpc) is 3.14. The van der Waals surface area contributed by atoms with E-state index in [-0.39, 0.29) is 5.92 Å². The Kier molecular flexibility index (Phi) is 6.15. The number of rotatable bonds is 8. The van der Waals surface area contributed by atoms with Crippen molar-refractivity contribution >= 4 is 0 Å². The highest BCUT2D eigenvalue weighted by Gasteiger charge is 2.30. The summed E-state index contributed by atoms with van der Waals surface area (Å²) in [5, 5.41) is 11.2. The molecule has 1 aliphatic rings.